The summed E-state index contributed by atoms with van der Waals surface area (Å²) in [5.41, 5.74) is 3.80. The third-order valence-corrected chi connectivity index (χ3v) is 4.21. The Morgan fingerprint density at radius 3 is 2.64 bits per heavy atom. The lowest BCUT2D eigenvalue weighted by Gasteiger charge is -2.11. The fourth-order valence-electron chi connectivity index (χ4n) is 2.07. The van der Waals surface area contributed by atoms with E-state index in [1.165, 1.54) is 0 Å². The molecule has 0 amide bonds. The van der Waals surface area contributed by atoms with Crippen LogP contribution in [0.5, 0.6) is 0 Å². The normalized spacial score (nSPS) is 10.7. The molecule has 0 radical (unpaired) electrons. The lowest BCUT2D eigenvalue weighted by Crippen LogP contribution is -2.07. The third kappa shape index (κ3) is 3.12. The summed E-state index contributed by atoms with van der Waals surface area (Å²) in [5, 5.41) is 6.49. The summed E-state index contributed by atoms with van der Waals surface area (Å²) in [6.45, 7) is 6.67. The standard InChI is InChI=1S/C16H17N5S/c1-10-11(2)19-16(14-6-4-5-7-17-14)21-15(10)18-8-13-9-22-12(3)20-13/h4-7,9H,8H2,1-3H3,(H,18,19,21). The number of aromatic nitrogens is 4. The van der Waals surface area contributed by atoms with Crippen molar-refractivity contribution in [3.8, 4) is 11.5 Å². The van der Waals surface area contributed by atoms with Gasteiger partial charge in [0.2, 0.25) is 0 Å². The van der Waals surface area contributed by atoms with Crippen LogP contribution in [0.4, 0.5) is 5.82 Å². The summed E-state index contributed by atoms with van der Waals surface area (Å²) in [7, 11) is 0. The monoisotopic (exact) mass is 311 g/mol. The van der Waals surface area contributed by atoms with Gasteiger partial charge in [0.1, 0.15) is 11.5 Å². The maximum Gasteiger partial charge on any atom is 0.180 e. The summed E-state index contributed by atoms with van der Waals surface area (Å²) in [6, 6.07) is 5.73. The van der Waals surface area contributed by atoms with E-state index in [1.54, 1.807) is 17.5 Å². The van der Waals surface area contributed by atoms with Gasteiger partial charge >= 0.3 is 0 Å². The third-order valence-electron chi connectivity index (χ3n) is 3.39. The van der Waals surface area contributed by atoms with E-state index in [-0.39, 0.29) is 0 Å². The van der Waals surface area contributed by atoms with E-state index in [0.29, 0.717) is 12.4 Å². The Morgan fingerprint density at radius 1 is 1.09 bits per heavy atom. The highest BCUT2D eigenvalue weighted by Crippen LogP contribution is 2.21. The summed E-state index contributed by atoms with van der Waals surface area (Å²) < 4.78 is 0. The molecule has 0 unspecified atom stereocenters. The molecule has 1 N–H and O–H groups in total. The number of anilines is 1. The van der Waals surface area contributed by atoms with Crippen molar-refractivity contribution in [1.29, 1.82) is 0 Å². The van der Waals surface area contributed by atoms with Crippen LogP contribution >= 0.6 is 11.3 Å². The molecule has 0 aliphatic rings. The topological polar surface area (TPSA) is 63.6 Å². The predicted molar refractivity (Wildman–Crippen MR) is 88.9 cm³/mol. The van der Waals surface area contributed by atoms with Gasteiger partial charge in [0.25, 0.3) is 0 Å². The minimum absolute atomic E-state index is 0.639. The quantitative estimate of drug-likeness (QED) is 0.798. The second-order valence-electron chi connectivity index (χ2n) is 5.03. The zero-order valence-electron chi connectivity index (χ0n) is 12.8. The first-order valence-corrected chi connectivity index (χ1v) is 7.93. The molecule has 3 heterocycles. The van der Waals surface area contributed by atoms with E-state index in [9.17, 15) is 0 Å². The molecular formula is C16H17N5S. The minimum Gasteiger partial charge on any atom is -0.364 e. The number of thiazole rings is 1. The molecule has 6 heteroatoms. The van der Waals surface area contributed by atoms with Crippen molar-refractivity contribution in [3.63, 3.8) is 0 Å². The van der Waals surface area contributed by atoms with Crippen LogP contribution in [-0.2, 0) is 6.54 Å². The summed E-state index contributed by atoms with van der Waals surface area (Å²) in [6.07, 6.45) is 1.75. The van der Waals surface area contributed by atoms with Crippen LogP contribution in [0.25, 0.3) is 11.5 Å². The summed E-state index contributed by atoms with van der Waals surface area (Å²) >= 11 is 1.65. The number of aryl methyl sites for hydroxylation is 2. The Balaban J connectivity index is 1.88. The van der Waals surface area contributed by atoms with Crippen molar-refractivity contribution in [1.82, 2.24) is 19.9 Å². The highest BCUT2D eigenvalue weighted by atomic mass is 32.1. The molecule has 0 bridgehead atoms. The second-order valence-corrected chi connectivity index (χ2v) is 6.09. The summed E-state index contributed by atoms with van der Waals surface area (Å²) in [4.78, 5) is 17.9. The number of hydrogen-bond donors (Lipinski definition) is 1. The molecule has 5 nitrogen and oxygen atoms in total. The van der Waals surface area contributed by atoms with Crippen LogP contribution in [0.15, 0.2) is 29.8 Å². The van der Waals surface area contributed by atoms with Gasteiger partial charge in [-0.2, -0.15) is 0 Å². The van der Waals surface area contributed by atoms with Gasteiger partial charge in [-0.05, 0) is 32.9 Å². The molecule has 0 aliphatic carbocycles. The Kier molecular flexibility index (Phi) is 4.11. The van der Waals surface area contributed by atoms with Gasteiger partial charge in [-0.3, -0.25) is 4.98 Å². The highest BCUT2D eigenvalue weighted by Gasteiger charge is 2.10. The number of pyridine rings is 1. The molecular weight excluding hydrogens is 294 g/mol. The highest BCUT2D eigenvalue weighted by molar-refractivity contribution is 7.09. The molecule has 3 aromatic heterocycles. The van der Waals surface area contributed by atoms with E-state index >= 15 is 0 Å². The van der Waals surface area contributed by atoms with Crippen LogP contribution in [0, 0.1) is 20.8 Å². The number of hydrogen-bond acceptors (Lipinski definition) is 6. The summed E-state index contributed by atoms with van der Waals surface area (Å²) in [5.74, 6) is 1.47. The lowest BCUT2D eigenvalue weighted by atomic mass is 10.2. The molecule has 0 atom stereocenters. The first-order chi connectivity index (χ1) is 10.6. The molecule has 0 saturated carbocycles. The molecule has 0 saturated heterocycles. The molecule has 0 aromatic carbocycles. The maximum atomic E-state index is 4.62. The van der Waals surface area contributed by atoms with Crippen LogP contribution in [0.2, 0.25) is 0 Å². The van der Waals surface area contributed by atoms with Gasteiger partial charge in [-0.1, -0.05) is 6.07 Å². The van der Waals surface area contributed by atoms with Crippen molar-refractivity contribution >= 4 is 17.2 Å². The second kappa shape index (κ2) is 6.19. The van der Waals surface area contributed by atoms with Crippen LogP contribution in [-0.4, -0.2) is 19.9 Å². The Morgan fingerprint density at radius 2 is 1.95 bits per heavy atom. The Labute approximate surface area is 133 Å². The predicted octanol–water partition coefficient (Wildman–Crippen LogP) is 3.53. The van der Waals surface area contributed by atoms with Crippen molar-refractivity contribution in [3.05, 3.63) is 51.7 Å². The smallest absolute Gasteiger partial charge is 0.180 e. The van der Waals surface area contributed by atoms with Gasteiger partial charge < -0.3 is 5.32 Å². The van der Waals surface area contributed by atoms with E-state index in [1.807, 2.05) is 39.0 Å². The van der Waals surface area contributed by atoms with E-state index in [0.717, 1.165) is 33.5 Å². The number of nitrogens with one attached hydrogen (secondary N) is 1. The Hall–Kier alpha value is -2.34. The first-order valence-electron chi connectivity index (χ1n) is 7.05. The molecule has 0 spiro atoms. The fraction of sp³-hybridized carbons (Fsp3) is 0.250. The van der Waals surface area contributed by atoms with Gasteiger partial charge in [0, 0.05) is 22.8 Å². The average Bonchev–Trinajstić information content (AvgIpc) is 2.95. The minimum atomic E-state index is 0.639. The first kappa shape index (κ1) is 14.6. The van der Waals surface area contributed by atoms with Crippen LogP contribution in [0.1, 0.15) is 22.0 Å². The molecule has 3 aromatic rings. The van der Waals surface area contributed by atoms with Gasteiger partial charge in [0.05, 0.1) is 17.2 Å². The number of rotatable bonds is 4. The maximum absolute atomic E-state index is 4.62. The zero-order valence-corrected chi connectivity index (χ0v) is 13.6. The van der Waals surface area contributed by atoms with E-state index in [2.05, 4.69) is 30.6 Å². The fourth-order valence-corrected chi connectivity index (χ4v) is 2.69. The van der Waals surface area contributed by atoms with E-state index < -0.39 is 0 Å². The van der Waals surface area contributed by atoms with Gasteiger partial charge in [-0.25, -0.2) is 15.0 Å². The largest absolute Gasteiger partial charge is 0.364 e. The molecule has 22 heavy (non-hydrogen) atoms. The average molecular weight is 311 g/mol. The molecule has 3 rings (SSSR count). The number of nitrogens with zero attached hydrogens (tertiary/aromatic N) is 4. The lowest BCUT2D eigenvalue weighted by molar-refractivity contribution is 0.998. The van der Waals surface area contributed by atoms with Crippen molar-refractivity contribution in [2.24, 2.45) is 0 Å². The van der Waals surface area contributed by atoms with Crippen molar-refractivity contribution in [2.45, 2.75) is 27.3 Å². The van der Waals surface area contributed by atoms with Gasteiger partial charge in [-0.15, -0.1) is 11.3 Å². The zero-order chi connectivity index (χ0) is 15.5. The SMILES string of the molecule is Cc1nc(CNc2nc(-c3ccccn3)nc(C)c2C)cs1. The Bertz CT molecular complexity index is 782. The molecule has 112 valence electrons. The van der Waals surface area contributed by atoms with Gasteiger partial charge in [0.15, 0.2) is 5.82 Å². The van der Waals surface area contributed by atoms with Crippen LogP contribution in [0.3, 0.4) is 0 Å². The molecule has 0 aliphatic heterocycles. The molecule has 0 fully saturated rings. The van der Waals surface area contributed by atoms with Crippen molar-refractivity contribution in [2.75, 3.05) is 5.32 Å². The van der Waals surface area contributed by atoms with Crippen molar-refractivity contribution < 1.29 is 0 Å². The van der Waals surface area contributed by atoms with E-state index in [4.69, 9.17) is 0 Å². The van der Waals surface area contributed by atoms with Crippen LogP contribution < -0.4 is 5.32 Å².